The summed E-state index contributed by atoms with van der Waals surface area (Å²) in [6.07, 6.45) is 3.24. The number of carbonyl (C=O) groups is 2. The van der Waals surface area contributed by atoms with Gasteiger partial charge in [-0.05, 0) is 26.2 Å². The Balaban J connectivity index is 3.00. The number of unbranched alkanes of at least 4 members (excludes halogenated alkanes) is 1. The maximum absolute atomic E-state index is 10.7. The van der Waals surface area contributed by atoms with Gasteiger partial charge in [-0.3, -0.25) is 4.79 Å². The molecule has 0 atom stereocenters. The van der Waals surface area contributed by atoms with E-state index in [0.717, 1.165) is 19.3 Å². The fourth-order valence-corrected chi connectivity index (χ4v) is 1.78. The maximum atomic E-state index is 10.7. The van der Waals surface area contributed by atoms with E-state index in [1.165, 1.54) is 6.92 Å². The first-order valence-corrected chi connectivity index (χ1v) is 8.67. The Bertz CT molecular complexity index is 281. The molecule has 0 rings (SSSR count). The van der Waals surface area contributed by atoms with Crippen molar-refractivity contribution in [2.24, 2.45) is 0 Å². The van der Waals surface area contributed by atoms with E-state index in [1.54, 1.807) is 6.92 Å². The Labute approximate surface area is 145 Å². The van der Waals surface area contributed by atoms with Crippen molar-refractivity contribution in [3.63, 3.8) is 0 Å². The lowest BCUT2D eigenvalue weighted by molar-refractivity contribution is -0.119. The molecule has 0 heterocycles. The molecule has 1 amide bonds. The van der Waals surface area contributed by atoms with Crippen LogP contribution in [0, 0.1) is 0 Å². The van der Waals surface area contributed by atoms with E-state index in [4.69, 9.17) is 18.9 Å². The summed E-state index contributed by atoms with van der Waals surface area (Å²) in [6.45, 7) is 8.31. The minimum absolute atomic E-state index is 0.0169. The number of amides is 1. The molecule has 7 nitrogen and oxygen atoms in total. The molecule has 0 saturated carbocycles. The summed E-state index contributed by atoms with van der Waals surface area (Å²) in [6, 6.07) is 0. The van der Waals surface area contributed by atoms with Crippen LogP contribution in [0.2, 0.25) is 0 Å². The van der Waals surface area contributed by atoms with Crippen LogP contribution in [-0.2, 0) is 28.5 Å². The summed E-state index contributed by atoms with van der Waals surface area (Å²) in [4.78, 5) is 21.4. The van der Waals surface area contributed by atoms with Gasteiger partial charge < -0.3 is 29.1 Å². The average molecular weight is 347 g/mol. The summed E-state index contributed by atoms with van der Waals surface area (Å²) >= 11 is 0. The first kappa shape index (κ1) is 23.0. The van der Waals surface area contributed by atoms with Crippen molar-refractivity contribution in [1.82, 2.24) is 5.32 Å². The lowest BCUT2D eigenvalue weighted by Gasteiger charge is -2.07. The molecule has 0 aromatic heterocycles. The van der Waals surface area contributed by atoms with E-state index < -0.39 is 0 Å². The molecule has 0 bridgehead atoms. The van der Waals surface area contributed by atoms with Gasteiger partial charge in [0.05, 0.1) is 39.6 Å². The molecule has 1 N–H and O–H groups in total. The number of hydrogen-bond donors (Lipinski definition) is 1. The smallest absolute Gasteiger partial charge is 0.216 e. The third-order valence-electron chi connectivity index (χ3n) is 3.02. The van der Waals surface area contributed by atoms with E-state index >= 15 is 0 Å². The normalized spacial score (nSPS) is 10.8. The van der Waals surface area contributed by atoms with Crippen LogP contribution in [0.1, 0.15) is 39.5 Å². The fraction of sp³-hybridized carbons (Fsp3) is 0.882. The Hall–Kier alpha value is -1.02. The molecular formula is C17H33NO6. The monoisotopic (exact) mass is 347 g/mol. The molecule has 7 heteroatoms. The second kappa shape index (κ2) is 18.3. The fourth-order valence-electron chi connectivity index (χ4n) is 1.78. The van der Waals surface area contributed by atoms with Gasteiger partial charge in [0.15, 0.2) is 0 Å². The van der Waals surface area contributed by atoms with E-state index in [2.05, 4.69) is 5.32 Å². The zero-order chi connectivity index (χ0) is 17.9. The van der Waals surface area contributed by atoms with Crippen molar-refractivity contribution < 1.29 is 28.5 Å². The van der Waals surface area contributed by atoms with Gasteiger partial charge in [-0.1, -0.05) is 0 Å². The number of nitrogens with one attached hydrogen (secondary N) is 1. The van der Waals surface area contributed by atoms with Crippen LogP contribution < -0.4 is 5.32 Å². The Morgan fingerprint density at radius 2 is 1.12 bits per heavy atom. The molecule has 0 aromatic carbocycles. The molecule has 0 fully saturated rings. The van der Waals surface area contributed by atoms with E-state index in [-0.39, 0.29) is 11.7 Å². The third kappa shape index (κ3) is 21.0. The second-order valence-corrected chi connectivity index (χ2v) is 5.45. The van der Waals surface area contributed by atoms with Crippen molar-refractivity contribution in [3.8, 4) is 0 Å². The quantitative estimate of drug-likeness (QED) is 0.377. The van der Waals surface area contributed by atoms with Gasteiger partial charge in [0.1, 0.15) is 5.78 Å². The highest BCUT2D eigenvalue weighted by Gasteiger charge is 1.95. The molecule has 0 aliphatic heterocycles. The van der Waals surface area contributed by atoms with Crippen molar-refractivity contribution in [2.75, 3.05) is 59.4 Å². The van der Waals surface area contributed by atoms with Crippen molar-refractivity contribution >= 4 is 11.7 Å². The highest BCUT2D eigenvalue weighted by Crippen LogP contribution is 1.96. The second-order valence-electron chi connectivity index (χ2n) is 5.45. The van der Waals surface area contributed by atoms with Crippen LogP contribution in [-0.4, -0.2) is 71.1 Å². The van der Waals surface area contributed by atoms with Crippen molar-refractivity contribution in [3.05, 3.63) is 0 Å². The highest BCUT2D eigenvalue weighted by atomic mass is 16.6. The van der Waals surface area contributed by atoms with Gasteiger partial charge in [0, 0.05) is 33.1 Å². The molecule has 0 saturated heterocycles. The lowest BCUT2D eigenvalue weighted by Crippen LogP contribution is -2.22. The van der Waals surface area contributed by atoms with Gasteiger partial charge in [-0.2, -0.15) is 0 Å². The van der Waals surface area contributed by atoms with E-state index in [9.17, 15) is 9.59 Å². The molecule has 24 heavy (non-hydrogen) atoms. The molecule has 0 unspecified atom stereocenters. The van der Waals surface area contributed by atoms with E-state index in [0.29, 0.717) is 65.8 Å². The van der Waals surface area contributed by atoms with Crippen LogP contribution in [0.3, 0.4) is 0 Å². The summed E-state index contributed by atoms with van der Waals surface area (Å²) in [7, 11) is 0. The van der Waals surface area contributed by atoms with Gasteiger partial charge in [-0.25, -0.2) is 0 Å². The Morgan fingerprint density at radius 3 is 1.58 bits per heavy atom. The molecule has 0 radical (unpaired) electrons. The molecular weight excluding hydrogens is 314 g/mol. The van der Waals surface area contributed by atoms with Crippen LogP contribution in [0.5, 0.6) is 0 Å². The third-order valence-corrected chi connectivity index (χ3v) is 3.02. The van der Waals surface area contributed by atoms with E-state index in [1.807, 2.05) is 0 Å². The minimum atomic E-state index is -0.0169. The lowest BCUT2D eigenvalue weighted by atomic mass is 10.2. The zero-order valence-corrected chi connectivity index (χ0v) is 15.1. The standard InChI is InChI=1S/C17H33NO6/c1-16(19)6-3-4-8-21-10-12-23-14-15-24-13-11-22-9-5-7-18-17(2)20/h3-15H2,1-2H3,(H,18,20). The summed E-state index contributed by atoms with van der Waals surface area (Å²) in [5.41, 5.74) is 0. The van der Waals surface area contributed by atoms with Gasteiger partial charge in [0.25, 0.3) is 0 Å². The highest BCUT2D eigenvalue weighted by molar-refractivity contribution is 5.75. The molecule has 0 aliphatic carbocycles. The largest absolute Gasteiger partial charge is 0.379 e. The van der Waals surface area contributed by atoms with Crippen LogP contribution in [0.25, 0.3) is 0 Å². The van der Waals surface area contributed by atoms with Crippen molar-refractivity contribution in [1.29, 1.82) is 0 Å². The summed E-state index contributed by atoms with van der Waals surface area (Å²) < 4.78 is 21.5. The Kier molecular flexibility index (Phi) is 17.5. The van der Waals surface area contributed by atoms with Crippen LogP contribution in [0.4, 0.5) is 0 Å². The average Bonchev–Trinajstić information content (AvgIpc) is 2.53. The van der Waals surface area contributed by atoms with Gasteiger partial charge >= 0.3 is 0 Å². The predicted octanol–water partition coefficient (Wildman–Crippen LogP) is 1.34. The number of carbonyl (C=O) groups excluding carboxylic acids is 2. The maximum Gasteiger partial charge on any atom is 0.216 e. The number of ether oxygens (including phenoxy) is 4. The summed E-state index contributed by atoms with van der Waals surface area (Å²) in [5.74, 6) is 0.213. The summed E-state index contributed by atoms with van der Waals surface area (Å²) in [5, 5.41) is 2.71. The predicted molar refractivity (Wildman–Crippen MR) is 91.1 cm³/mol. The van der Waals surface area contributed by atoms with Gasteiger partial charge in [-0.15, -0.1) is 0 Å². The minimum Gasteiger partial charge on any atom is -0.379 e. The number of ketones is 1. The molecule has 0 aliphatic rings. The van der Waals surface area contributed by atoms with Crippen molar-refractivity contribution in [2.45, 2.75) is 39.5 Å². The molecule has 0 aromatic rings. The number of Topliss-reactive ketones (excluding diaryl/α,β-unsaturated/α-hetero) is 1. The molecule has 0 spiro atoms. The molecule has 142 valence electrons. The SMILES string of the molecule is CC(=O)CCCCOCCOCCOCCOCCCNC(C)=O. The number of hydrogen-bond acceptors (Lipinski definition) is 6. The first-order valence-electron chi connectivity index (χ1n) is 8.67. The Morgan fingerprint density at radius 1 is 0.667 bits per heavy atom. The van der Waals surface area contributed by atoms with Gasteiger partial charge in [0.2, 0.25) is 5.91 Å². The van der Waals surface area contributed by atoms with Crippen LogP contribution in [0.15, 0.2) is 0 Å². The zero-order valence-electron chi connectivity index (χ0n) is 15.1. The number of rotatable bonds is 18. The van der Waals surface area contributed by atoms with Crippen LogP contribution >= 0.6 is 0 Å². The topological polar surface area (TPSA) is 83.1 Å². The first-order chi connectivity index (χ1) is 11.6.